The van der Waals surface area contributed by atoms with Gasteiger partial charge >= 0.3 is 0 Å². The Morgan fingerprint density at radius 3 is 1.78 bits per heavy atom. The largest absolute Gasteiger partial charge is 0.392 e. The second kappa shape index (κ2) is 8.87. The molecule has 0 unspecified atom stereocenters. The summed E-state index contributed by atoms with van der Waals surface area (Å²) in [6.45, 7) is 1.88. The van der Waals surface area contributed by atoms with Gasteiger partial charge < -0.3 is 15.7 Å². The van der Waals surface area contributed by atoms with Crippen LogP contribution >= 0.6 is 0 Å². The summed E-state index contributed by atoms with van der Waals surface area (Å²) < 4.78 is 0. The highest BCUT2D eigenvalue weighted by molar-refractivity contribution is 6.09. The number of nitrogens with one attached hydrogen (secondary N) is 2. The molecule has 176 valence electrons. The Labute approximate surface area is 208 Å². The maximum Gasteiger partial charge on any atom is 0.129 e. The van der Waals surface area contributed by atoms with Gasteiger partial charge in [0.1, 0.15) is 5.66 Å². The van der Waals surface area contributed by atoms with Crippen molar-refractivity contribution in [2.75, 3.05) is 17.2 Å². The topological polar surface area (TPSA) is 93.7 Å². The molecule has 5 aromatic rings. The summed E-state index contributed by atoms with van der Waals surface area (Å²) in [4.78, 5) is 0. The van der Waals surface area contributed by atoms with Gasteiger partial charge in [-0.15, -0.1) is 15.3 Å². The van der Waals surface area contributed by atoms with Crippen LogP contribution in [0.2, 0.25) is 0 Å². The van der Waals surface area contributed by atoms with E-state index in [1.54, 1.807) is 0 Å². The van der Waals surface area contributed by atoms with Crippen molar-refractivity contribution in [3.05, 3.63) is 97.1 Å². The first-order chi connectivity index (χ1) is 17.6. The van der Waals surface area contributed by atoms with Crippen LogP contribution in [0, 0.1) is 0 Å². The number of nitrogens with zero attached hydrogens (tertiary/aromatic N) is 4. The third-order valence-corrected chi connectivity index (χ3v) is 6.33. The number of hydrogen-bond acceptors (Lipinski definition) is 7. The molecular formula is C29H24N6O. The molecule has 0 amide bonds. The Morgan fingerprint density at radius 2 is 1.11 bits per heavy atom. The molecule has 3 N–H and O–H groups in total. The van der Waals surface area contributed by atoms with E-state index in [2.05, 4.69) is 31.1 Å². The van der Waals surface area contributed by atoms with Crippen molar-refractivity contribution in [3.8, 4) is 0 Å². The second-order valence-electron chi connectivity index (χ2n) is 8.99. The molecule has 0 bridgehead atoms. The van der Waals surface area contributed by atoms with Crippen LogP contribution in [0.1, 0.15) is 6.92 Å². The van der Waals surface area contributed by atoms with Crippen LogP contribution < -0.4 is 10.6 Å². The summed E-state index contributed by atoms with van der Waals surface area (Å²) in [5, 5.41) is 38.7. The van der Waals surface area contributed by atoms with Crippen LogP contribution in [0.25, 0.3) is 21.5 Å². The number of rotatable bonds is 5. The van der Waals surface area contributed by atoms with Crippen LogP contribution in [-0.4, -0.2) is 17.4 Å². The van der Waals surface area contributed by atoms with E-state index in [4.69, 9.17) is 0 Å². The minimum absolute atomic E-state index is 0.0434. The van der Waals surface area contributed by atoms with E-state index in [0.29, 0.717) is 0 Å². The first-order valence-corrected chi connectivity index (χ1v) is 11.8. The van der Waals surface area contributed by atoms with Crippen molar-refractivity contribution >= 4 is 55.7 Å². The van der Waals surface area contributed by atoms with Crippen LogP contribution in [0.3, 0.4) is 0 Å². The number of azo groups is 2. The fourth-order valence-electron chi connectivity index (χ4n) is 4.55. The lowest BCUT2D eigenvalue weighted by Crippen LogP contribution is -2.48. The lowest BCUT2D eigenvalue weighted by Gasteiger charge is -2.37. The summed E-state index contributed by atoms with van der Waals surface area (Å²) in [5.74, 6) is 0. The van der Waals surface area contributed by atoms with Gasteiger partial charge in [-0.3, -0.25) is 0 Å². The molecule has 5 aromatic carbocycles. The van der Waals surface area contributed by atoms with Crippen LogP contribution in [0.15, 0.2) is 118 Å². The minimum atomic E-state index is -0.622. The average molecular weight is 473 g/mol. The molecule has 1 heterocycles. The first kappa shape index (κ1) is 21.9. The van der Waals surface area contributed by atoms with Gasteiger partial charge in [0.25, 0.3) is 0 Å². The van der Waals surface area contributed by atoms with Gasteiger partial charge in [-0.05, 0) is 49.4 Å². The molecule has 0 aliphatic carbocycles. The Kier molecular flexibility index (Phi) is 5.39. The second-order valence-corrected chi connectivity index (χ2v) is 8.99. The van der Waals surface area contributed by atoms with Crippen molar-refractivity contribution in [1.29, 1.82) is 0 Å². The molecule has 0 fully saturated rings. The number of aliphatic hydroxyl groups is 1. The third kappa shape index (κ3) is 3.95. The van der Waals surface area contributed by atoms with Crippen molar-refractivity contribution in [2.24, 2.45) is 20.5 Å². The standard InChI is InChI=1S/C29H24N6O/c1-29(18-36)30-26-13-7-12-22-25(16-17-27(31-29)28(22)26)35-34-24-15-14-23(20-10-5-6-11-21(20)24)33-32-19-8-3-2-4-9-19/h2-17,30-31,36H,18H2,1H3/t29-/m1/s1. The molecule has 0 saturated carbocycles. The molecule has 7 nitrogen and oxygen atoms in total. The molecule has 36 heavy (non-hydrogen) atoms. The molecule has 0 spiro atoms. The zero-order chi connectivity index (χ0) is 24.5. The highest BCUT2D eigenvalue weighted by Gasteiger charge is 2.29. The zero-order valence-electron chi connectivity index (χ0n) is 19.7. The van der Waals surface area contributed by atoms with E-state index >= 15 is 0 Å². The van der Waals surface area contributed by atoms with E-state index in [1.807, 2.05) is 104 Å². The molecule has 0 saturated heterocycles. The molecule has 1 aliphatic rings. The fourth-order valence-corrected chi connectivity index (χ4v) is 4.55. The van der Waals surface area contributed by atoms with E-state index in [0.717, 1.165) is 55.7 Å². The number of benzene rings is 5. The van der Waals surface area contributed by atoms with Gasteiger partial charge in [0.15, 0.2) is 0 Å². The summed E-state index contributed by atoms with van der Waals surface area (Å²) in [7, 11) is 0. The van der Waals surface area contributed by atoms with E-state index in [9.17, 15) is 5.11 Å². The first-order valence-electron chi connectivity index (χ1n) is 11.8. The van der Waals surface area contributed by atoms with Crippen molar-refractivity contribution in [3.63, 3.8) is 0 Å². The van der Waals surface area contributed by atoms with Crippen LogP contribution in [0.5, 0.6) is 0 Å². The van der Waals surface area contributed by atoms with Crippen LogP contribution in [0.4, 0.5) is 34.1 Å². The van der Waals surface area contributed by atoms with Crippen LogP contribution in [-0.2, 0) is 0 Å². The highest BCUT2D eigenvalue weighted by atomic mass is 16.3. The van der Waals surface area contributed by atoms with Gasteiger partial charge in [-0.1, -0.05) is 54.6 Å². The minimum Gasteiger partial charge on any atom is -0.392 e. The molecule has 0 aromatic heterocycles. The Bertz CT molecular complexity index is 1630. The zero-order valence-corrected chi connectivity index (χ0v) is 19.7. The Balaban J connectivity index is 1.38. The summed E-state index contributed by atoms with van der Waals surface area (Å²) in [6.07, 6.45) is 0. The summed E-state index contributed by atoms with van der Waals surface area (Å²) in [6, 6.07) is 31.5. The van der Waals surface area contributed by atoms with Gasteiger partial charge in [-0.2, -0.15) is 5.11 Å². The quantitative estimate of drug-likeness (QED) is 0.224. The SMILES string of the molecule is C[C@@]1(CO)Nc2cccc3c(N=Nc4ccc(N=Nc5ccccc5)c5ccccc45)ccc(c23)N1. The summed E-state index contributed by atoms with van der Waals surface area (Å²) in [5.41, 5.74) is 4.39. The molecule has 0 radical (unpaired) electrons. The van der Waals surface area contributed by atoms with Gasteiger partial charge in [0.05, 0.1) is 29.4 Å². The summed E-state index contributed by atoms with van der Waals surface area (Å²) >= 11 is 0. The lowest BCUT2D eigenvalue weighted by molar-refractivity contribution is 0.238. The Morgan fingerprint density at radius 1 is 0.583 bits per heavy atom. The smallest absolute Gasteiger partial charge is 0.129 e. The number of anilines is 2. The number of aliphatic hydroxyl groups excluding tert-OH is 1. The van der Waals surface area contributed by atoms with Gasteiger partial charge in [0, 0.05) is 32.9 Å². The van der Waals surface area contributed by atoms with E-state index in [-0.39, 0.29) is 6.61 Å². The van der Waals surface area contributed by atoms with E-state index < -0.39 is 5.66 Å². The lowest BCUT2D eigenvalue weighted by atomic mass is 9.99. The predicted molar refractivity (Wildman–Crippen MR) is 145 cm³/mol. The normalized spacial score (nSPS) is 17.1. The van der Waals surface area contributed by atoms with E-state index in [1.165, 1.54) is 0 Å². The highest BCUT2D eigenvalue weighted by Crippen LogP contribution is 2.42. The fraction of sp³-hybridized carbons (Fsp3) is 0.103. The maximum absolute atomic E-state index is 9.82. The predicted octanol–water partition coefficient (Wildman–Crippen LogP) is 8.37. The monoisotopic (exact) mass is 472 g/mol. The number of fused-ring (bicyclic) bond motifs is 1. The molecule has 1 aliphatic heterocycles. The van der Waals surface area contributed by atoms with Gasteiger partial charge in [-0.25, -0.2) is 0 Å². The molecular weight excluding hydrogens is 448 g/mol. The van der Waals surface area contributed by atoms with Gasteiger partial charge in [0.2, 0.25) is 0 Å². The molecule has 6 rings (SSSR count). The molecule has 7 heteroatoms. The van der Waals surface area contributed by atoms with Crippen molar-refractivity contribution < 1.29 is 5.11 Å². The Hall–Kier alpha value is -4.62. The third-order valence-electron chi connectivity index (χ3n) is 6.33. The van der Waals surface area contributed by atoms with Crippen molar-refractivity contribution in [2.45, 2.75) is 12.6 Å². The number of hydrogen-bond donors (Lipinski definition) is 3. The molecule has 1 atom stereocenters. The van der Waals surface area contributed by atoms with Crippen molar-refractivity contribution in [1.82, 2.24) is 0 Å². The maximum atomic E-state index is 9.82. The average Bonchev–Trinajstić information content (AvgIpc) is 2.92.